The van der Waals surface area contributed by atoms with E-state index in [0.29, 0.717) is 12.8 Å². The molecule has 7 heteroatoms. The molecule has 0 saturated carbocycles. The van der Waals surface area contributed by atoms with Crippen molar-refractivity contribution in [1.29, 1.82) is 0 Å². The summed E-state index contributed by atoms with van der Waals surface area (Å²) in [5, 5.41) is 0. The Kier molecular flexibility index (Phi) is 10.2. The summed E-state index contributed by atoms with van der Waals surface area (Å²) >= 11 is 0. The molecule has 0 rings (SSSR count). The summed E-state index contributed by atoms with van der Waals surface area (Å²) in [6, 6.07) is 0. The molecule has 5 nitrogen and oxygen atoms in total. The van der Waals surface area contributed by atoms with Crippen molar-refractivity contribution >= 4 is 28.6 Å². The Bertz CT molecular complexity index is 454. The van der Waals surface area contributed by atoms with Crippen LogP contribution >= 0.6 is 0 Å². The van der Waals surface area contributed by atoms with E-state index in [0.717, 1.165) is 0 Å². The van der Waals surface area contributed by atoms with E-state index in [4.69, 9.17) is 13.6 Å². The van der Waals surface area contributed by atoms with Crippen molar-refractivity contribution in [3.63, 3.8) is 0 Å². The highest BCUT2D eigenvalue weighted by molar-refractivity contribution is 6.86. The molecule has 0 aliphatic rings. The van der Waals surface area contributed by atoms with Gasteiger partial charge < -0.3 is 13.6 Å². The maximum absolute atomic E-state index is 11.8. The van der Waals surface area contributed by atoms with Gasteiger partial charge in [0.05, 0.1) is 0 Å². The van der Waals surface area contributed by atoms with Crippen LogP contribution in [0, 0.1) is 0 Å². The van der Waals surface area contributed by atoms with Gasteiger partial charge in [-0.15, -0.1) is 0 Å². The van der Waals surface area contributed by atoms with Crippen LogP contribution in [0.15, 0.2) is 24.3 Å². The van der Waals surface area contributed by atoms with Crippen molar-refractivity contribution in [2.45, 2.75) is 78.2 Å². The fraction of sp³-hybridized carbons (Fsp3) is 0.667. The molecule has 0 saturated heterocycles. The van der Waals surface area contributed by atoms with Crippen molar-refractivity contribution in [2.75, 3.05) is 0 Å². The Morgan fingerprint density at radius 3 is 1.36 bits per heavy atom. The molecular weight excluding hydrogens is 352 g/mol. The standard InChI is InChI=1S/C18H34O5Si2/c1-9-13-15(19)21-17(11-3)24(5,6)23-25(7,8)18(12-4)22-16(20)14-10-2/h9-10,13-14,17-18H,11-12H2,1-8H3/b13-9+,14-10+/t17-,18-/m0/s1. The SMILES string of the molecule is C/C=C/C(=O)O[C@H](CC)[Si](C)(C)O[Si](C)(C)[C@@H](CC)OC(=O)/C=C/C. The van der Waals surface area contributed by atoms with E-state index in [1.807, 2.05) is 13.8 Å². The lowest BCUT2D eigenvalue weighted by atomic mass is 10.5. The fourth-order valence-electron chi connectivity index (χ4n) is 2.87. The molecule has 0 N–H and O–H groups in total. The molecular formula is C18H34O5Si2. The van der Waals surface area contributed by atoms with Gasteiger partial charge in [0.25, 0.3) is 0 Å². The Morgan fingerprint density at radius 1 is 0.800 bits per heavy atom. The molecule has 0 heterocycles. The van der Waals surface area contributed by atoms with Gasteiger partial charge in [0.1, 0.15) is 11.5 Å². The van der Waals surface area contributed by atoms with E-state index in [-0.39, 0.29) is 23.4 Å². The number of ether oxygens (including phenoxy) is 2. The van der Waals surface area contributed by atoms with Gasteiger partial charge in [0, 0.05) is 12.2 Å². The Morgan fingerprint density at radius 2 is 1.12 bits per heavy atom. The number of carbonyl (C=O) groups excluding carboxylic acids is 2. The maximum atomic E-state index is 11.8. The zero-order chi connectivity index (χ0) is 19.7. The quantitative estimate of drug-likeness (QED) is 0.318. The molecule has 144 valence electrons. The van der Waals surface area contributed by atoms with Gasteiger partial charge in [0.2, 0.25) is 16.6 Å². The van der Waals surface area contributed by atoms with Gasteiger partial charge in [-0.2, -0.15) is 0 Å². The van der Waals surface area contributed by atoms with Crippen LogP contribution in [-0.2, 0) is 23.2 Å². The Labute approximate surface area is 154 Å². The molecule has 25 heavy (non-hydrogen) atoms. The van der Waals surface area contributed by atoms with Gasteiger partial charge >= 0.3 is 11.9 Å². The highest BCUT2D eigenvalue weighted by Crippen LogP contribution is 2.26. The van der Waals surface area contributed by atoms with Crippen LogP contribution in [0.2, 0.25) is 26.2 Å². The van der Waals surface area contributed by atoms with E-state index in [1.165, 1.54) is 12.2 Å². The summed E-state index contributed by atoms with van der Waals surface area (Å²) in [6.45, 7) is 15.8. The average molecular weight is 387 g/mol. The first-order chi connectivity index (χ1) is 11.5. The lowest BCUT2D eigenvalue weighted by Crippen LogP contribution is -2.58. The van der Waals surface area contributed by atoms with Crippen LogP contribution in [0.4, 0.5) is 0 Å². The van der Waals surface area contributed by atoms with Crippen LogP contribution in [-0.4, -0.2) is 40.0 Å². The molecule has 0 bridgehead atoms. The van der Waals surface area contributed by atoms with E-state index < -0.39 is 16.6 Å². The second kappa shape index (κ2) is 10.7. The first-order valence-corrected chi connectivity index (χ1v) is 14.9. The molecule has 0 unspecified atom stereocenters. The molecule has 0 fully saturated rings. The summed E-state index contributed by atoms with van der Waals surface area (Å²) in [5.41, 5.74) is -0.488. The predicted octanol–water partition coefficient (Wildman–Crippen LogP) is 4.29. The summed E-state index contributed by atoms with van der Waals surface area (Å²) in [7, 11) is -4.67. The molecule has 0 aromatic rings. The summed E-state index contributed by atoms with van der Waals surface area (Å²) in [4.78, 5) is 23.6. The second-order valence-electron chi connectivity index (χ2n) is 6.98. The third-order valence-electron chi connectivity index (χ3n) is 3.94. The van der Waals surface area contributed by atoms with Crippen molar-refractivity contribution in [3.8, 4) is 0 Å². The van der Waals surface area contributed by atoms with E-state index >= 15 is 0 Å². The minimum atomic E-state index is -2.33. The fourth-order valence-corrected chi connectivity index (χ4v) is 12.1. The van der Waals surface area contributed by atoms with E-state index in [1.54, 1.807) is 26.0 Å². The number of hydrogen-bond acceptors (Lipinski definition) is 5. The molecule has 2 atom stereocenters. The zero-order valence-electron chi connectivity index (χ0n) is 16.9. The number of hydrogen-bond donors (Lipinski definition) is 0. The number of carbonyl (C=O) groups is 2. The van der Waals surface area contributed by atoms with Crippen LogP contribution in [0.1, 0.15) is 40.5 Å². The third-order valence-corrected chi connectivity index (χ3v) is 12.3. The Hall–Kier alpha value is -1.19. The average Bonchev–Trinajstić information content (AvgIpc) is 2.49. The van der Waals surface area contributed by atoms with Crippen LogP contribution in [0.25, 0.3) is 0 Å². The predicted molar refractivity (Wildman–Crippen MR) is 106 cm³/mol. The van der Waals surface area contributed by atoms with Crippen molar-refractivity contribution in [3.05, 3.63) is 24.3 Å². The lowest BCUT2D eigenvalue weighted by Gasteiger charge is -2.40. The first-order valence-electron chi connectivity index (χ1n) is 8.90. The molecule has 0 aromatic carbocycles. The summed E-state index contributed by atoms with van der Waals surface area (Å²) in [6.07, 6.45) is 7.56. The highest BCUT2D eigenvalue weighted by atomic mass is 28.4. The monoisotopic (exact) mass is 386 g/mol. The maximum Gasteiger partial charge on any atom is 0.330 e. The lowest BCUT2D eigenvalue weighted by molar-refractivity contribution is -0.140. The molecule has 0 aliphatic carbocycles. The molecule has 0 radical (unpaired) electrons. The minimum absolute atomic E-state index is 0.244. The number of allylic oxidation sites excluding steroid dienone is 2. The Balaban J connectivity index is 5.22. The normalized spacial score (nSPS) is 15.4. The van der Waals surface area contributed by atoms with Crippen molar-refractivity contribution in [2.24, 2.45) is 0 Å². The highest BCUT2D eigenvalue weighted by Gasteiger charge is 2.45. The van der Waals surface area contributed by atoms with Gasteiger partial charge in [-0.25, -0.2) is 9.59 Å². The third kappa shape index (κ3) is 8.15. The molecule has 0 amide bonds. The van der Waals surface area contributed by atoms with Crippen LogP contribution < -0.4 is 0 Å². The van der Waals surface area contributed by atoms with Crippen LogP contribution in [0.3, 0.4) is 0 Å². The molecule has 0 aliphatic heterocycles. The molecule has 0 aromatic heterocycles. The largest absolute Gasteiger partial charge is 0.460 e. The van der Waals surface area contributed by atoms with Crippen LogP contribution in [0.5, 0.6) is 0 Å². The summed E-state index contributed by atoms with van der Waals surface area (Å²) < 4.78 is 17.8. The first kappa shape index (κ1) is 23.8. The van der Waals surface area contributed by atoms with Gasteiger partial charge in [0.15, 0.2) is 0 Å². The summed E-state index contributed by atoms with van der Waals surface area (Å²) in [5.74, 6) is -0.686. The zero-order valence-corrected chi connectivity index (χ0v) is 18.9. The van der Waals surface area contributed by atoms with Gasteiger partial charge in [-0.3, -0.25) is 0 Å². The molecule has 0 spiro atoms. The second-order valence-corrected chi connectivity index (χ2v) is 15.5. The van der Waals surface area contributed by atoms with E-state index in [9.17, 15) is 9.59 Å². The van der Waals surface area contributed by atoms with Gasteiger partial charge in [-0.1, -0.05) is 26.0 Å². The minimum Gasteiger partial charge on any atom is -0.460 e. The number of rotatable bonds is 10. The topological polar surface area (TPSA) is 61.8 Å². The van der Waals surface area contributed by atoms with Gasteiger partial charge in [-0.05, 0) is 52.9 Å². The van der Waals surface area contributed by atoms with E-state index in [2.05, 4.69) is 26.2 Å². The smallest absolute Gasteiger partial charge is 0.330 e. The van der Waals surface area contributed by atoms with Crippen molar-refractivity contribution < 1.29 is 23.2 Å². The number of esters is 2. The van der Waals surface area contributed by atoms with Crippen molar-refractivity contribution in [1.82, 2.24) is 0 Å².